The molecule has 1 saturated carbocycles. The Bertz CT molecular complexity index is 842. The zero-order valence-electron chi connectivity index (χ0n) is 15.6. The lowest BCUT2D eigenvalue weighted by atomic mass is 10.1. The second-order valence-electron chi connectivity index (χ2n) is 6.67. The SMILES string of the molecule is Cc1ccc(-c2nnn(CC(=O)OCC(=O)NC(=O)NC3CCCC3)n2)cc1. The van der Waals surface area contributed by atoms with Crippen LogP contribution in [0.25, 0.3) is 11.4 Å². The van der Waals surface area contributed by atoms with E-state index in [1.54, 1.807) is 0 Å². The van der Waals surface area contributed by atoms with E-state index in [0.717, 1.165) is 41.6 Å². The van der Waals surface area contributed by atoms with Crippen molar-refractivity contribution < 1.29 is 19.1 Å². The molecule has 148 valence electrons. The predicted molar refractivity (Wildman–Crippen MR) is 97.9 cm³/mol. The monoisotopic (exact) mass is 386 g/mol. The molecule has 1 aliphatic rings. The molecule has 1 heterocycles. The molecule has 28 heavy (non-hydrogen) atoms. The molecule has 1 fully saturated rings. The van der Waals surface area contributed by atoms with Gasteiger partial charge < -0.3 is 10.1 Å². The van der Waals surface area contributed by atoms with Crippen molar-refractivity contribution in [3.8, 4) is 11.4 Å². The maximum Gasteiger partial charge on any atom is 0.330 e. The largest absolute Gasteiger partial charge is 0.454 e. The number of hydrogen-bond acceptors (Lipinski definition) is 7. The van der Waals surface area contributed by atoms with E-state index >= 15 is 0 Å². The molecule has 0 saturated heterocycles. The average molecular weight is 386 g/mol. The Hall–Kier alpha value is -3.30. The molecule has 0 atom stereocenters. The number of carbonyl (C=O) groups is 3. The fourth-order valence-corrected chi connectivity index (χ4v) is 2.89. The van der Waals surface area contributed by atoms with Gasteiger partial charge in [-0.05, 0) is 25.0 Å². The molecule has 1 aromatic heterocycles. The third kappa shape index (κ3) is 5.60. The third-order valence-corrected chi connectivity index (χ3v) is 4.34. The summed E-state index contributed by atoms with van der Waals surface area (Å²) < 4.78 is 4.85. The first-order chi connectivity index (χ1) is 13.5. The zero-order valence-corrected chi connectivity index (χ0v) is 15.6. The normalized spacial score (nSPS) is 13.9. The van der Waals surface area contributed by atoms with E-state index in [-0.39, 0.29) is 12.6 Å². The predicted octanol–water partition coefficient (Wildman–Crippen LogP) is 0.960. The topological polar surface area (TPSA) is 128 Å². The minimum absolute atomic E-state index is 0.0939. The van der Waals surface area contributed by atoms with Crippen molar-refractivity contribution in [2.45, 2.75) is 45.2 Å². The van der Waals surface area contributed by atoms with Gasteiger partial charge in [0.1, 0.15) is 0 Å². The summed E-state index contributed by atoms with van der Waals surface area (Å²) in [6.45, 7) is 1.12. The van der Waals surface area contributed by atoms with Crippen LogP contribution in [0.3, 0.4) is 0 Å². The van der Waals surface area contributed by atoms with Crippen LogP contribution in [0.1, 0.15) is 31.2 Å². The lowest BCUT2D eigenvalue weighted by Crippen LogP contribution is -2.45. The van der Waals surface area contributed by atoms with Crippen molar-refractivity contribution in [3.63, 3.8) is 0 Å². The summed E-state index contributed by atoms with van der Waals surface area (Å²) in [5.41, 5.74) is 1.88. The van der Waals surface area contributed by atoms with E-state index in [0.29, 0.717) is 5.82 Å². The van der Waals surface area contributed by atoms with Crippen LogP contribution >= 0.6 is 0 Å². The van der Waals surface area contributed by atoms with Crippen LogP contribution in [0.4, 0.5) is 4.79 Å². The fraction of sp³-hybridized carbons (Fsp3) is 0.444. The highest BCUT2D eigenvalue weighted by molar-refractivity contribution is 5.95. The number of esters is 1. The number of hydrogen-bond donors (Lipinski definition) is 2. The van der Waals surface area contributed by atoms with E-state index in [9.17, 15) is 14.4 Å². The summed E-state index contributed by atoms with van der Waals surface area (Å²) in [6, 6.07) is 7.08. The molecule has 0 aliphatic heterocycles. The van der Waals surface area contributed by atoms with Crippen LogP contribution in [0.2, 0.25) is 0 Å². The molecule has 0 unspecified atom stereocenters. The summed E-state index contributed by atoms with van der Waals surface area (Å²) >= 11 is 0. The van der Waals surface area contributed by atoms with Gasteiger partial charge in [0, 0.05) is 11.6 Å². The van der Waals surface area contributed by atoms with Crippen molar-refractivity contribution in [2.24, 2.45) is 0 Å². The van der Waals surface area contributed by atoms with Crippen molar-refractivity contribution >= 4 is 17.9 Å². The number of urea groups is 1. The van der Waals surface area contributed by atoms with Crippen molar-refractivity contribution in [3.05, 3.63) is 29.8 Å². The molecule has 1 aliphatic carbocycles. The Morgan fingerprint density at radius 1 is 1.18 bits per heavy atom. The van der Waals surface area contributed by atoms with Gasteiger partial charge in [0.25, 0.3) is 5.91 Å². The number of nitrogens with zero attached hydrogens (tertiary/aromatic N) is 4. The zero-order chi connectivity index (χ0) is 19.9. The first-order valence-electron chi connectivity index (χ1n) is 9.10. The van der Waals surface area contributed by atoms with E-state index < -0.39 is 24.5 Å². The number of tetrazole rings is 1. The Balaban J connectivity index is 1.41. The number of aryl methyl sites for hydroxylation is 1. The number of aromatic nitrogens is 4. The summed E-state index contributed by atoms with van der Waals surface area (Å²) in [6.07, 6.45) is 3.95. The number of carbonyl (C=O) groups excluding carboxylic acids is 3. The highest BCUT2D eigenvalue weighted by atomic mass is 16.5. The average Bonchev–Trinajstić information content (AvgIpc) is 3.33. The molecule has 10 nitrogen and oxygen atoms in total. The molecule has 2 aromatic rings. The van der Waals surface area contributed by atoms with E-state index in [1.807, 2.05) is 31.2 Å². The van der Waals surface area contributed by atoms with Gasteiger partial charge in [-0.3, -0.25) is 10.1 Å². The molecule has 3 rings (SSSR count). The number of amides is 3. The third-order valence-electron chi connectivity index (χ3n) is 4.34. The first-order valence-corrected chi connectivity index (χ1v) is 9.10. The minimum atomic E-state index is -0.709. The number of rotatable bonds is 6. The van der Waals surface area contributed by atoms with Crippen molar-refractivity contribution in [1.82, 2.24) is 30.8 Å². The van der Waals surface area contributed by atoms with Crippen LogP contribution in [-0.4, -0.2) is 50.8 Å². The Kier molecular flexibility index (Phi) is 6.30. The quantitative estimate of drug-likeness (QED) is 0.708. The summed E-state index contributed by atoms with van der Waals surface area (Å²) in [7, 11) is 0. The first kappa shape index (κ1) is 19.5. The maximum absolute atomic E-state index is 11.8. The number of ether oxygens (including phenoxy) is 1. The Morgan fingerprint density at radius 2 is 1.89 bits per heavy atom. The van der Waals surface area contributed by atoms with Gasteiger partial charge >= 0.3 is 12.0 Å². The smallest absolute Gasteiger partial charge is 0.330 e. The summed E-state index contributed by atoms with van der Waals surface area (Å²) in [4.78, 5) is 36.3. The molecular formula is C18H22N6O4. The highest BCUT2D eigenvalue weighted by Gasteiger charge is 2.19. The van der Waals surface area contributed by atoms with Gasteiger partial charge in [-0.2, -0.15) is 4.80 Å². The molecule has 0 radical (unpaired) electrons. The van der Waals surface area contributed by atoms with Gasteiger partial charge in [-0.25, -0.2) is 9.59 Å². The molecule has 0 spiro atoms. The Morgan fingerprint density at radius 3 is 2.61 bits per heavy atom. The molecule has 10 heteroatoms. The van der Waals surface area contributed by atoms with Gasteiger partial charge in [-0.1, -0.05) is 42.7 Å². The van der Waals surface area contributed by atoms with Crippen molar-refractivity contribution in [1.29, 1.82) is 0 Å². The molecule has 2 N–H and O–H groups in total. The van der Waals surface area contributed by atoms with Crippen LogP contribution in [-0.2, 0) is 20.9 Å². The van der Waals surface area contributed by atoms with Crippen LogP contribution in [0.15, 0.2) is 24.3 Å². The highest BCUT2D eigenvalue weighted by Crippen LogP contribution is 2.17. The number of nitrogens with one attached hydrogen (secondary N) is 2. The summed E-state index contributed by atoms with van der Waals surface area (Å²) in [5, 5.41) is 16.7. The number of benzene rings is 1. The second kappa shape index (κ2) is 9.07. The second-order valence-corrected chi connectivity index (χ2v) is 6.67. The fourth-order valence-electron chi connectivity index (χ4n) is 2.89. The van der Waals surface area contributed by atoms with Gasteiger partial charge in [-0.15, -0.1) is 10.2 Å². The van der Waals surface area contributed by atoms with Gasteiger partial charge in [0.05, 0.1) is 0 Å². The van der Waals surface area contributed by atoms with Crippen molar-refractivity contribution in [2.75, 3.05) is 6.61 Å². The number of imide groups is 1. The molecule has 1 aromatic carbocycles. The molecule has 3 amide bonds. The van der Waals surface area contributed by atoms with Crippen LogP contribution in [0.5, 0.6) is 0 Å². The minimum Gasteiger partial charge on any atom is -0.454 e. The van der Waals surface area contributed by atoms with Gasteiger partial charge in [0.15, 0.2) is 13.2 Å². The van der Waals surface area contributed by atoms with E-state index in [2.05, 4.69) is 26.0 Å². The van der Waals surface area contributed by atoms with E-state index in [1.165, 1.54) is 0 Å². The van der Waals surface area contributed by atoms with Crippen LogP contribution < -0.4 is 10.6 Å². The standard InChI is InChI=1S/C18H22N6O4/c1-12-6-8-13(9-7-12)17-21-23-24(22-17)10-16(26)28-11-15(25)20-18(27)19-14-4-2-3-5-14/h6-9,14H,2-5,10-11H2,1H3,(H2,19,20,25,27). The molecule has 0 bridgehead atoms. The Labute approximate surface area is 161 Å². The maximum atomic E-state index is 11.8. The van der Waals surface area contributed by atoms with E-state index in [4.69, 9.17) is 4.74 Å². The lowest BCUT2D eigenvalue weighted by Gasteiger charge is -2.12. The summed E-state index contributed by atoms with van der Waals surface area (Å²) in [5.74, 6) is -1.02. The molecular weight excluding hydrogens is 364 g/mol. The lowest BCUT2D eigenvalue weighted by molar-refractivity contribution is -0.149. The van der Waals surface area contributed by atoms with Crippen LogP contribution in [0, 0.1) is 6.92 Å². The van der Waals surface area contributed by atoms with Gasteiger partial charge in [0.2, 0.25) is 5.82 Å².